The lowest BCUT2D eigenvalue weighted by molar-refractivity contribution is -0.385. The first-order valence-electron chi connectivity index (χ1n) is 10.8. The summed E-state index contributed by atoms with van der Waals surface area (Å²) in [6, 6.07) is 13.7. The number of anilines is 2. The number of hydrogen-bond donors (Lipinski definition) is 1. The molecule has 10 nitrogen and oxygen atoms in total. The summed E-state index contributed by atoms with van der Waals surface area (Å²) in [4.78, 5) is 23.9. The number of fused-ring (bicyclic) bond motifs is 1. The summed E-state index contributed by atoms with van der Waals surface area (Å²) in [7, 11) is 0. The zero-order chi connectivity index (χ0) is 24.6. The zero-order valence-electron chi connectivity index (χ0n) is 18.8. The highest BCUT2D eigenvalue weighted by atomic mass is 35.5. The first-order chi connectivity index (χ1) is 17.0. The molecule has 0 spiro atoms. The van der Waals surface area contributed by atoms with Crippen molar-refractivity contribution >= 4 is 39.7 Å². The Kier molecular flexibility index (Phi) is 7.86. The number of nitrogens with zero attached hydrogens (tertiary/aromatic N) is 4. The molecule has 0 fully saturated rings. The molecule has 0 saturated heterocycles. The van der Waals surface area contributed by atoms with Crippen LogP contribution in [0.4, 0.5) is 17.2 Å². The van der Waals surface area contributed by atoms with Crippen molar-refractivity contribution in [1.82, 2.24) is 15.0 Å². The summed E-state index contributed by atoms with van der Waals surface area (Å²) < 4.78 is 16.6. The number of benzene rings is 2. The van der Waals surface area contributed by atoms with Crippen LogP contribution in [0.25, 0.3) is 10.9 Å². The fourth-order valence-electron chi connectivity index (χ4n) is 3.25. The Morgan fingerprint density at radius 3 is 2.66 bits per heavy atom. The smallest absolute Gasteiger partial charge is 0.311 e. The van der Waals surface area contributed by atoms with Gasteiger partial charge in [0, 0.05) is 30.6 Å². The highest BCUT2D eigenvalue weighted by Crippen LogP contribution is 2.35. The Labute approximate surface area is 206 Å². The molecule has 1 N–H and O–H groups in total. The fraction of sp³-hybridized carbons (Fsp3) is 0.208. The van der Waals surface area contributed by atoms with Gasteiger partial charge in [-0.3, -0.25) is 15.1 Å². The van der Waals surface area contributed by atoms with Gasteiger partial charge in [0.05, 0.1) is 33.1 Å². The average Bonchev–Trinajstić information content (AvgIpc) is 2.86. The molecule has 35 heavy (non-hydrogen) atoms. The maximum absolute atomic E-state index is 11.7. The Balaban J connectivity index is 1.55. The van der Waals surface area contributed by atoms with Crippen molar-refractivity contribution in [2.24, 2.45) is 0 Å². The number of nitro groups is 1. The van der Waals surface area contributed by atoms with E-state index < -0.39 is 4.92 Å². The maximum atomic E-state index is 11.7. The third kappa shape index (κ3) is 6.11. The van der Waals surface area contributed by atoms with Crippen molar-refractivity contribution in [2.45, 2.75) is 13.5 Å². The largest absolute Gasteiger partial charge is 0.486 e. The van der Waals surface area contributed by atoms with Crippen LogP contribution in [0.15, 0.2) is 61.1 Å². The summed E-state index contributed by atoms with van der Waals surface area (Å²) in [6.45, 7) is 3.18. The summed E-state index contributed by atoms with van der Waals surface area (Å²) in [5, 5.41) is 15.7. The molecular weight excluding hydrogens is 474 g/mol. The topological polar surface area (TPSA) is 122 Å². The summed E-state index contributed by atoms with van der Waals surface area (Å²) in [5.74, 6) is 1.00. The third-order valence-electron chi connectivity index (χ3n) is 4.90. The fourth-order valence-corrected chi connectivity index (χ4v) is 3.49. The molecule has 11 heteroatoms. The molecule has 0 bridgehead atoms. The van der Waals surface area contributed by atoms with Gasteiger partial charge >= 0.3 is 5.69 Å². The minimum atomic E-state index is -0.503. The number of aromatic nitrogens is 3. The Bertz CT molecular complexity index is 1320. The van der Waals surface area contributed by atoms with Crippen LogP contribution < -0.4 is 14.8 Å². The predicted molar refractivity (Wildman–Crippen MR) is 131 cm³/mol. The van der Waals surface area contributed by atoms with Crippen LogP contribution in [0.5, 0.6) is 11.5 Å². The number of nitro benzene ring substituents is 1. The van der Waals surface area contributed by atoms with E-state index in [9.17, 15) is 10.1 Å². The van der Waals surface area contributed by atoms with E-state index in [1.54, 1.807) is 24.4 Å². The van der Waals surface area contributed by atoms with Gasteiger partial charge in [-0.2, -0.15) is 0 Å². The molecule has 0 atom stereocenters. The van der Waals surface area contributed by atoms with Crippen LogP contribution >= 0.6 is 11.6 Å². The summed E-state index contributed by atoms with van der Waals surface area (Å²) in [5.41, 5.74) is 1.70. The standard InChI is InChI=1S/C24H22ClN5O5/c1-2-33-9-10-34-23-13-20-18(12-21(23)30(31)32)24(28-15-27-20)29-16-6-7-22(19(25)11-16)35-14-17-5-3-4-8-26-17/h3-8,11-13,15H,2,9-10,14H2,1H3,(H,27,28,29). The lowest BCUT2D eigenvalue weighted by Gasteiger charge is -2.12. The molecule has 0 radical (unpaired) electrons. The highest BCUT2D eigenvalue weighted by molar-refractivity contribution is 6.32. The van der Waals surface area contributed by atoms with E-state index in [-0.39, 0.29) is 24.7 Å². The SMILES string of the molecule is CCOCCOc1cc2ncnc(Nc3ccc(OCc4ccccn4)c(Cl)c3)c2cc1[N+](=O)[O-]. The molecule has 0 amide bonds. The summed E-state index contributed by atoms with van der Waals surface area (Å²) >= 11 is 6.40. The van der Waals surface area contributed by atoms with E-state index in [1.807, 2.05) is 25.1 Å². The molecule has 2 aromatic heterocycles. The van der Waals surface area contributed by atoms with E-state index in [2.05, 4.69) is 20.3 Å². The highest BCUT2D eigenvalue weighted by Gasteiger charge is 2.19. The van der Waals surface area contributed by atoms with E-state index in [1.165, 1.54) is 18.5 Å². The molecule has 0 aliphatic carbocycles. The van der Waals surface area contributed by atoms with Gasteiger partial charge in [-0.1, -0.05) is 17.7 Å². The van der Waals surface area contributed by atoms with Crippen LogP contribution in [0.2, 0.25) is 5.02 Å². The van der Waals surface area contributed by atoms with Crippen LogP contribution in [-0.2, 0) is 11.3 Å². The Morgan fingerprint density at radius 2 is 1.91 bits per heavy atom. The van der Waals surface area contributed by atoms with Gasteiger partial charge in [0.2, 0.25) is 0 Å². The third-order valence-corrected chi connectivity index (χ3v) is 5.19. The predicted octanol–water partition coefficient (Wildman–Crippen LogP) is 5.32. The molecule has 0 aliphatic heterocycles. The molecule has 0 aliphatic rings. The van der Waals surface area contributed by atoms with Crippen LogP contribution in [0.3, 0.4) is 0 Å². The Hall–Kier alpha value is -4.02. The van der Waals surface area contributed by atoms with Gasteiger partial charge in [0.1, 0.15) is 31.1 Å². The van der Waals surface area contributed by atoms with E-state index >= 15 is 0 Å². The number of hydrogen-bond acceptors (Lipinski definition) is 9. The number of rotatable bonds is 11. The van der Waals surface area contributed by atoms with E-state index in [0.717, 1.165) is 5.69 Å². The van der Waals surface area contributed by atoms with Crippen molar-refractivity contribution in [2.75, 3.05) is 25.1 Å². The molecule has 4 aromatic rings. The second kappa shape index (κ2) is 11.4. The lowest BCUT2D eigenvalue weighted by atomic mass is 10.2. The molecule has 2 aromatic carbocycles. The number of halogens is 1. The molecular formula is C24H22ClN5O5. The van der Waals surface area contributed by atoms with Crippen LogP contribution in [-0.4, -0.2) is 39.7 Å². The molecule has 0 unspecified atom stereocenters. The normalized spacial score (nSPS) is 10.8. The van der Waals surface area contributed by atoms with Gasteiger partial charge in [0.25, 0.3) is 0 Å². The van der Waals surface area contributed by atoms with Crippen LogP contribution in [0, 0.1) is 10.1 Å². The van der Waals surface area contributed by atoms with E-state index in [4.69, 9.17) is 25.8 Å². The number of pyridine rings is 1. The second-order valence-electron chi connectivity index (χ2n) is 7.24. The number of nitrogens with one attached hydrogen (secondary N) is 1. The molecule has 180 valence electrons. The van der Waals surface area contributed by atoms with Gasteiger partial charge < -0.3 is 19.5 Å². The van der Waals surface area contributed by atoms with Crippen molar-refractivity contribution in [3.63, 3.8) is 0 Å². The summed E-state index contributed by atoms with van der Waals surface area (Å²) in [6.07, 6.45) is 3.06. The van der Waals surface area contributed by atoms with Crippen molar-refractivity contribution in [1.29, 1.82) is 0 Å². The minimum Gasteiger partial charge on any atom is -0.486 e. The van der Waals surface area contributed by atoms with Gasteiger partial charge in [-0.25, -0.2) is 9.97 Å². The molecule has 4 rings (SSSR count). The lowest BCUT2D eigenvalue weighted by Crippen LogP contribution is -2.08. The quantitative estimate of drug-likeness (QED) is 0.167. The monoisotopic (exact) mass is 495 g/mol. The zero-order valence-corrected chi connectivity index (χ0v) is 19.6. The first kappa shape index (κ1) is 24.1. The van der Waals surface area contributed by atoms with Gasteiger partial charge in [0.15, 0.2) is 5.75 Å². The van der Waals surface area contributed by atoms with Crippen molar-refractivity contribution < 1.29 is 19.1 Å². The first-order valence-corrected chi connectivity index (χ1v) is 11.2. The van der Waals surface area contributed by atoms with Gasteiger partial charge in [-0.15, -0.1) is 0 Å². The van der Waals surface area contributed by atoms with Gasteiger partial charge in [-0.05, 0) is 37.3 Å². The minimum absolute atomic E-state index is 0.115. The number of ether oxygens (including phenoxy) is 3. The second-order valence-corrected chi connectivity index (χ2v) is 7.65. The maximum Gasteiger partial charge on any atom is 0.311 e. The Morgan fingerprint density at radius 1 is 1.03 bits per heavy atom. The molecule has 0 saturated carbocycles. The van der Waals surface area contributed by atoms with Crippen molar-refractivity contribution in [3.05, 3.63) is 81.9 Å². The van der Waals surface area contributed by atoms with E-state index in [0.29, 0.717) is 46.4 Å². The average molecular weight is 496 g/mol. The van der Waals surface area contributed by atoms with Crippen LogP contribution in [0.1, 0.15) is 12.6 Å². The molecule has 2 heterocycles. The van der Waals surface area contributed by atoms with Crippen molar-refractivity contribution in [3.8, 4) is 11.5 Å².